The maximum Gasteiger partial charge on any atom is 0.127 e. The second-order valence-electron chi connectivity index (χ2n) is 9.60. The van der Waals surface area contributed by atoms with Crippen LogP contribution < -0.4 is 9.47 Å². The lowest BCUT2D eigenvalue weighted by molar-refractivity contribution is 0.339. The van der Waals surface area contributed by atoms with Crippen LogP contribution >= 0.6 is 11.8 Å². The number of aliphatic hydroxyl groups excluding tert-OH is 1. The lowest BCUT2D eigenvalue weighted by Crippen LogP contribution is -1.91. The minimum atomic E-state index is 0.426. The maximum atomic E-state index is 10.0. The fourth-order valence-corrected chi connectivity index (χ4v) is 5.02. The molecule has 3 aromatic rings. The molecule has 1 fully saturated rings. The van der Waals surface area contributed by atoms with Gasteiger partial charge in [0, 0.05) is 16.2 Å². The number of aliphatic hydroxyl groups is 1. The number of hydrogen-bond donors (Lipinski definition) is 1. The summed E-state index contributed by atoms with van der Waals surface area (Å²) in [7, 11) is 0. The van der Waals surface area contributed by atoms with E-state index >= 15 is 0 Å². The van der Waals surface area contributed by atoms with Crippen molar-refractivity contribution in [2.75, 3.05) is 6.61 Å². The van der Waals surface area contributed by atoms with Crippen LogP contribution in [0.15, 0.2) is 88.4 Å². The summed E-state index contributed by atoms with van der Waals surface area (Å²) >= 11 is 1.71. The second kappa shape index (κ2) is 15.4. The molecular weight excluding hydrogens is 476 g/mol. The molecule has 1 aliphatic rings. The van der Waals surface area contributed by atoms with Crippen molar-refractivity contribution in [3.63, 3.8) is 0 Å². The predicted octanol–water partition coefficient (Wildman–Crippen LogP) is 10.3. The first-order chi connectivity index (χ1) is 18.0. The lowest BCUT2D eigenvalue weighted by atomic mass is 10.1. The van der Waals surface area contributed by atoms with Gasteiger partial charge in [0.25, 0.3) is 0 Å². The van der Waals surface area contributed by atoms with E-state index in [-0.39, 0.29) is 0 Å². The van der Waals surface area contributed by atoms with Crippen LogP contribution in [0.25, 0.3) is 0 Å². The van der Waals surface area contributed by atoms with Crippen LogP contribution in [0.3, 0.4) is 0 Å². The summed E-state index contributed by atoms with van der Waals surface area (Å²) < 4.78 is 11.4. The third-order valence-corrected chi connectivity index (χ3v) is 7.01. The normalized spacial score (nSPS) is 13.0. The second-order valence-corrected chi connectivity index (χ2v) is 10.7. The SMILES string of the molecule is CC/C=C(/O)Cc1cc(C)cc(Sc2ccc(Oc3ccc(OCC)cc3)cc2)c1.CCCCC1CC1. The molecule has 0 saturated heterocycles. The van der Waals surface area contributed by atoms with Crippen LogP contribution in [0.1, 0.15) is 70.4 Å². The Balaban J connectivity index is 0.000000468. The van der Waals surface area contributed by atoms with Gasteiger partial charge in [0.2, 0.25) is 0 Å². The average molecular weight is 519 g/mol. The molecule has 4 heteroatoms. The Morgan fingerprint density at radius 3 is 2.14 bits per heavy atom. The highest BCUT2D eigenvalue weighted by Crippen LogP contribution is 2.34. The molecule has 4 rings (SSSR count). The smallest absolute Gasteiger partial charge is 0.127 e. The third kappa shape index (κ3) is 11.0. The molecule has 37 heavy (non-hydrogen) atoms. The Morgan fingerprint density at radius 2 is 1.54 bits per heavy atom. The largest absolute Gasteiger partial charge is 0.512 e. The molecule has 1 aliphatic carbocycles. The van der Waals surface area contributed by atoms with Gasteiger partial charge in [0.05, 0.1) is 12.4 Å². The van der Waals surface area contributed by atoms with Gasteiger partial charge < -0.3 is 14.6 Å². The van der Waals surface area contributed by atoms with Crippen molar-refractivity contribution in [2.45, 2.75) is 82.4 Å². The van der Waals surface area contributed by atoms with Crippen molar-refractivity contribution in [3.05, 3.63) is 89.7 Å². The predicted molar refractivity (Wildman–Crippen MR) is 156 cm³/mol. The first-order valence-electron chi connectivity index (χ1n) is 13.7. The Labute approximate surface area is 227 Å². The van der Waals surface area contributed by atoms with Gasteiger partial charge in [-0.3, -0.25) is 0 Å². The van der Waals surface area contributed by atoms with Crippen molar-refractivity contribution < 1.29 is 14.6 Å². The lowest BCUT2D eigenvalue weighted by Gasteiger charge is -2.10. The monoisotopic (exact) mass is 518 g/mol. The van der Waals surface area contributed by atoms with E-state index in [1.54, 1.807) is 11.8 Å². The number of hydrogen-bond acceptors (Lipinski definition) is 4. The molecule has 0 amide bonds. The molecule has 1 saturated carbocycles. The molecule has 3 nitrogen and oxygen atoms in total. The zero-order valence-electron chi connectivity index (χ0n) is 22.8. The van der Waals surface area contributed by atoms with E-state index in [4.69, 9.17) is 9.47 Å². The molecule has 3 aromatic carbocycles. The zero-order valence-corrected chi connectivity index (χ0v) is 23.7. The van der Waals surface area contributed by atoms with Crippen LogP contribution in [0.5, 0.6) is 17.2 Å². The summed E-state index contributed by atoms with van der Waals surface area (Å²) in [5.41, 5.74) is 2.31. The summed E-state index contributed by atoms with van der Waals surface area (Å²) in [4.78, 5) is 2.30. The summed E-state index contributed by atoms with van der Waals surface area (Å²) in [6, 6.07) is 22.1. The Hall–Kier alpha value is -2.85. The Bertz CT molecular complexity index is 1100. The van der Waals surface area contributed by atoms with Crippen molar-refractivity contribution in [2.24, 2.45) is 5.92 Å². The van der Waals surface area contributed by atoms with Gasteiger partial charge in [-0.2, -0.15) is 0 Å². The van der Waals surface area contributed by atoms with Gasteiger partial charge >= 0.3 is 0 Å². The van der Waals surface area contributed by atoms with E-state index in [1.807, 2.05) is 56.3 Å². The van der Waals surface area contributed by atoms with Gasteiger partial charge in [-0.15, -0.1) is 0 Å². The minimum absolute atomic E-state index is 0.426. The molecule has 0 spiro atoms. The van der Waals surface area contributed by atoms with Crippen LogP contribution in [0.2, 0.25) is 0 Å². The summed E-state index contributed by atoms with van der Waals surface area (Å²) in [5.74, 6) is 3.99. The molecule has 0 atom stereocenters. The highest BCUT2D eigenvalue weighted by atomic mass is 32.2. The molecule has 0 aromatic heterocycles. The number of ether oxygens (including phenoxy) is 2. The summed E-state index contributed by atoms with van der Waals surface area (Å²) in [5, 5.41) is 10.0. The number of benzene rings is 3. The van der Waals surface area contributed by atoms with Gasteiger partial charge in [-0.05, 0) is 104 Å². The van der Waals surface area contributed by atoms with Gasteiger partial charge in [0.1, 0.15) is 17.2 Å². The molecule has 0 radical (unpaired) electrons. The van der Waals surface area contributed by atoms with Gasteiger partial charge in [-0.1, -0.05) is 63.8 Å². The molecular formula is C33H42O3S. The number of rotatable bonds is 12. The standard InChI is InChI=1S/C26H28O3S.C7H14/c1-4-6-21(27)17-20-15-19(3)16-26(18-20)30-25-13-11-24(12-14-25)29-23-9-7-22(8-10-23)28-5-2;1-2-3-4-7-5-6-7/h6-16,18,27H,4-5,17H2,1-3H3;7H,2-6H2,1H3/b21-6+;. The van der Waals surface area contributed by atoms with Gasteiger partial charge in [-0.25, -0.2) is 0 Å². The number of allylic oxidation sites excluding steroid dienone is 2. The van der Waals surface area contributed by atoms with E-state index in [1.165, 1.54) is 37.7 Å². The number of unbranched alkanes of at least 4 members (excludes halogenated alkanes) is 1. The molecule has 0 aliphatic heterocycles. The van der Waals surface area contributed by atoms with E-state index < -0.39 is 0 Å². The van der Waals surface area contributed by atoms with E-state index in [0.29, 0.717) is 18.8 Å². The highest BCUT2D eigenvalue weighted by Gasteiger charge is 2.19. The molecule has 1 N–H and O–H groups in total. The minimum Gasteiger partial charge on any atom is -0.512 e. The van der Waals surface area contributed by atoms with Gasteiger partial charge in [0.15, 0.2) is 0 Å². The summed E-state index contributed by atoms with van der Waals surface area (Å²) in [6.45, 7) is 8.99. The van der Waals surface area contributed by atoms with Crippen LogP contribution in [0, 0.1) is 12.8 Å². The van der Waals surface area contributed by atoms with Crippen molar-refractivity contribution in [3.8, 4) is 17.2 Å². The summed E-state index contributed by atoms with van der Waals surface area (Å²) in [6.07, 6.45) is 10.7. The first-order valence-corrected chi connectivity index (χ1v) is 14.5. The molecule has 0 unspecified atom stereocenters. The Kier molecular flexibility index (Phi) is 12.0. The Morgan fingerprint density at radius 1 is 0.892 bits per heavy atom. The van der Waals surface area contributed by atoms with E-state index in [2.05, 4.69) is 44.2 Å². The number of aryl methyl sites for hydroxylation is 1. The van der Waals surface area contributed by atoms with Crippen molar-refractivity contribution in [1.29, 1.82) is 0 Å². The highest BCUT2D eigenvalue weighted by molar-refractivity contribution is 7.99. The van der Waals surface area contributed by atoms with Crippen molar-refractivity contribution in [1.82, 2.24) is 0 Å². The fourth-order valence-electron chi connectivity index (χ4n) is 4.02. The van der Waals surface area contributed by atoms with Crippen LogP contribution in [-0.4, -0.2) is 11.7 Å². The molecule has 0 bridgehead atoms. The van der Waals surface area contributed by atoms with E-state index in [0.717, 1.165) is 44.9 Å². The quantitative estimate of drug-likeness (QED) is 0.242. The first kappa shape index (κ1) is 28.7. The van der Waals surface area contributed by atoms with Crippen molar-refractivity contribution >= 4 is 11.8 Å². The maximum absolute atomic E-state index is 10.0. The average Bonchev–Trinajstić information content (AvgIpc) is 3.70. The topological polar surface area (TPSA) is 38.7 Å². The fraction of sp³-hybridized carbons (Fsp3) is 0.394. The third-order valence-electron chi connectivity index (χ3n) is 6.03. The molecule has 198 valence electrons. The zero-order chi connectivity index (χ0) is 26.5. The van der Waals surface area contributed by atoms with Crippen LogP contribution in [0.4, 0.5) is 0 Å². The van der Waals surface area contributed by atoms with E-state index in [9.17, 15) is 5.11 Å². The van der Waals surface area contributed by atoms with Crippen LogP contribution in [-0.2, 0) is 6.42 Å². The molecule has 0 heterocycles.